The van der Waals surface area contributed by atoms with Crippen molar-refractivity contribution in [2.24, 2.45) is 0 Å². The van der Waals surface area contributed by atoms with Crippen LogP contribution in [-0.2, 0) is 17.8 Å². The molecule has 0 unspecified atom stereocenters. The number of nitriles is 2. The van der Waals surface area contributed by atoms with Gasteiger partial charge in [0.15, 0.2) is 11.5 Å². The van der Waals surface area contributed by atoms with Gasteiger partial charge in [-0.25, -0.2) is 4.98 Å². The van der Waals surface area contributed by atoms with Gasteiger partial charge in [-0.15, -0.1) is 0 Å². The Bertz CT molecular complexity index is 1900. The van der Waals surface area contributed by atoms with E-state index in [4.69, 9.17) is 27.1 Å². The summed E-state index contributed by atoms with van der Waals surface area (Å²) in [7, 11) is 2.10. The second kappa shape index (κ2) is 11.9. The van der Waals surface area contributed by atoms with Gasteiger partial charge in [0, 0.05) is 50.2 Å². The normalized spacial score (nSPS) is 14.9. The summed E-state index contributed by atoms with van der Waals surface area (Å²) in [6.45, 7) is 7.35. The quantitative estimate of drug-likeness (QED) is 0.234. The highest BCUT2D eigenvalue weighted by Gasteiger charge is 2.29. The maximum absolute atomic E-state index is 12.3. The summed E-state index contributed by atoms with van der Waals surface area (Å²) in [5, 5.41) is 21.5. The first-order valence-electron chi connectivity index (χ1n) is 14.3. The van der Waals surface area contributed by atoms with Gasteiger partial charge < -0.3 is 25.2 Å². The van der Waals surface area contributed by atoms with E-state index in [1.54, 1.807) is 23.1 Å². The van der Waals surface area contributed by atoms with E-state index in [1.165, 1.54) is 17.2 Å². The third kappa shape index (κ3) is 5.07. The number of fused-ring (bicyclic) bond motifs is 2. The van der Waals surface area contributed by atoms with E-state index in [2.05, 4.69) is 41.6 Å². The average molecular weight is 604 g/mol. The Morgan fingerprint density at radius 2 is 1.80 bits per heavy atom. The Balaban J connectivity index is 1.59. The molecule has 10 heteroatoms. The fraction of sp³-hybridized carbons (Fsp3) is 0.235. The first-order valence-corrected chi connectivity index (χ1v) is 14.7. The van der Waals surface area contributed by atoms with Gasteiger partial charge in [0.25, 0.3) is 0 Å². The van der Waals surface area contributed by atoms with Gasteiger partial charge in [0.05, 0.1) is 22.1 Å². The van der Waals surface area contributed by atoms with Gasteiger partial charge >= 0.3 is 0 Å². The van der Waals surface area contributed by atoms with E-state index >= 15 is 0 Å². The van der Waals surface area contributed by atoms with Crippen LogP contribution in [0.15, 0.2) is 61.2 Å². The zero-order valence-electron chi connectivity index (χ0n) is 24.3. The molecule has 1 saturated heterocycles. The number of nitrogens with two attached hydrogens (primary N) is 1. The lowest BCUT2D eigenvalue weighted by Crippen LogP contribution is -2.48. The van der Waals surface area contributed by atoms with Crippen molar-refractivity contribution in [3.8, 4) is 34.9 Å². The molecule has 44 heavy (non-hydrogen) atoms. The van der Waals surface area contributed by atoms with Crippen LogP contribution in [0.5, 0.6) is 11.5 Å². The van der Waals surface area contributed by atoms with E-state index in [9.17, 15) is 15.3 Å². The highest BCUT2D eigenvalue weighted by molar-refractivity contribution is 6.32. The molecule has 0 atom stereocenters. The lowest BCUT2D eigenvalue weighted by atomic mass is 9.90. The topological polar surface area (TPSA) is 123 Å². The van der Waals surface area contributed by atoms with Gasteiger partial charge in [-0.05, 0) is 48.9 Å². The van der Waals surface area contributed by atoms with Crippen LogP contribution >= 0.6 is 11.6 Å². The Morgan fingerprint density at radius 1 is 1.05 bits per heavy atom. The molecule has 0 aliphatic carbocycles. The number of nitrogen functional groups attached to an aromatic ring is 1. The number of piperazine rings is 1. The molecule has 2 aliphatic rings. The minimum atomic E-state index is -0.116. The summed E-state index contributed by atoms with van der Waals surface area (Å²) in [4.78, 5) is 23.6. The smallest absolute Gasteiger partial charge is 0.246 e. The van der Waals surface area contributed by atoms with Crippen LogP contribution in [0.2, 0.25) is 5.02 Å². The van der Waals surface area contributed by atoms with Crippen molar-refractivity contribution in [2.45, 2.75) is 13.0 Å². The number of pyridine rings is 1. The van der Waals surface area contributed by atoms with Crippen molar-refractivity contribution >= 4 is 39.8 Å². The summed E-state index contributed by atoms with van der Waals surface area (Å²) in [5.74, 6) is 0.408. The number of anilines is 2. The number of carbonyl (C=O) groups is 1. The fourth-order valence-electron chi connectivity index (χ4n) is 6.10. The van der Waals surface area contributed by atoms with Crippen LogP contribution in [0.4, 0.5) is 11.4 Å². The van der Waals surface area contributed by atoms with Gasteiger partial charge in [-0.3, -0.25) is 4.79 Å². The Morgan fingerprint density at radius 3 is 2.52 bits per heavy atom. The molecule has 6 rings (SSSR count). The maximum Gasteiger partial charge on any atom is 0.246 e. The van der Waals surface area contributed by atoms with Gasteiger partial charge in [-0.1, -0.05) is 48.5 Å². The minimum Gasteiger partial charge on any atom is -0.452 e. The molecular weight excluding hydrogens is 574 g/mol. The molecule has 4 aromatic rings. The Hall–Kier alpha value is -5.09. The number of ether oxygens (including phenoxy) is 1. The van der Waals surface area contributed by atoms with Gasteiger partial charge in [-0.2, -0.15) is 10.5 Å². The SMILES string of the molecule is C=CC(=O)N1CCN(c2c(C#N)c(-c3cccc4c3CCN(C)C4)nc3c(Oc4c(Cl)ccc(N)c4C#N)cccc23)CC1. The van der Waals surface area contributed by atoms with E-state index < -0.39 is 0 Å². The molecule has 1 aromatic heterocycles. The Kier molecular flexibility index (Phi) is 7.84. The van der Waals surface area contributed by atoms with Gasteiger partial charge in [0.2, 0.25) is 5.91 Å². The predicted molar refractivity (Wildman–Crippen MR) is 172 cm³/mol. The first-order chi connectivity index (χ1) is 21.3. The number of benzene rings is 3. The summed E-state index contributed by atoms with van der Waals surface area (Å²) >= 11 is 6.50. The van der Waals surface area contributed by atoms with Crippen LogP contribution in [-0.4, -0.2) is 60.5 Å². The largest absolute Gasteiger partial charge is 0.452 e. The molecule has 1 fully saturated rings. The predicted octanol–water partition coefficient (Wildman–Crippen LogP) is 5.50. The molecule has 3 heterocycles. The lowest BCUT2D eigenvalue weighted by Gasteiger charge is -2.37. The van der Waals surface area contributed by atoms with Crippen LogP contribution in [0.1, 0.15) is 22.3 Å². The van der Waals surface area contributed by atoms with Crippen LogP contribution in [0.25, 0.3) is 22.2 Å². The summed E-state index contributed by atoms with van der Waals surface area (Å²) in [6.07, 6.45) is 2.15. The molecule has 1 amide bonds. The first kappa shape index (κ1) is 29.0. The number of halogens is 1. The third-order valence-electron chi connectivity index (χ3n) is 8.32. The molecule has 0 saturated carbocycles. The number of hydrogen-bond acceptors (Lipinski definition) is 8. The van der Waals surface area contributed by atoms with E-state index in [0.29, 0.717) is 48.7 Å². The van der Waals surface area contributed by atoms with Crippen molar-refractivity contribution in [1.82, 2.24) is 14.8 Å². The monoisotopic (exact) mass is 603 g/mol. The van der Waals surface area contributed by atoms with Crippen molar-refractivity contribution in [1.29, 1.82) is 10.5 Å². The zero-order chi connectivity index (χ0) is 31.0. The van der Waals surface area contributed by atoms with Crippen molar-refractivity contribution in [3.05, 3.63) is 88.5 Å². The molecular formula is C34H30ClN7O2. The molecule has 0 bridgehead atoms. The zero-order valence-corrected chi connectivity index (χ0v) is 25.1. The number of nitrogens with zero attached hydrogens (tertiary/aromatic N) is 6. The number of hydrogen-bond donors (Lipinski definition) is 1. The summed E-state index contributed by atoms with van der Waals surface area (Å²) < 4.78 is 6.35. The molecule has 2 aliphatic heterocycles. The van der Waals surface area contributed by atoms with Crippen molar-refractivity contribution in [3.63, 3.8) is 0 Å². The molecule has 2 N–H and O–H groups in total. The fourth-order valence-corrected chi connectivity index (χ4v) is 6.30. The average Bonchev–Trinajstić information content (AvgIpc) is 3.05. The lowest BCUT2D eigenvalue weighted by molar-refractivity contribution is -0.126. The number of aromatic nitrogens is 1. The number of para-hydroxylation sites is 1. The number of amides is 1. The summed E-state index contributed by atoms with van der Waals surface area (Å²) in [5.41, 5.74) is 12.0. The number of likely N-dealkylation sites (N-methyl/N-ethyl adjacent to an activating group) is 1. The van der Waals surface area contributed by atoms with Crippen LogP contribution in [0, 0.1) is 22.7 Å². The van der Waals surface area contributed by atoms with Gasteiger partial charge in [0.1, 0.15) is 28.8 Å². The molecule has 220 valence electrons. The van der Waals surface area contributed by atoms with Crippen LogP contribution in [0.3, 0.4) is 0 Å². The van der Waals surface area contributed by atoms with E-state index in [-0.39, 0.29) is 27.9 Å². The van der Waals surface area contributed by atoms with Crippen LogP contribution < -0.4 is 15.4 Å². The standard InChI is InChI=1S/C34H30ClN7O2/c1-3-30(43)41-14-16-42(17-15-41)33-24-8-5-9-29(44-34-25(18-36)28(38)11-10-27(34)35)32(24)39-31(26(33)19-37)23-7-4-6-21-20-40(2)13-12-22(21)23/h3-11H,1,12-17,20,38H2,2H3. The molecule has 0 spiro atoms. The highest BCUT2D eigenvalue weighted by atomic mass is 35.5. The van der Waals surface area contributed by atoms with E-state index in [1.807, 2.05) is 24.3 Å². The minimum absolute atomic E-state index is 0.116. The second-order valence-corrected chi connectivity index (χ2v) is 11.4. The molecule has 9 nitrogen and oxygen atoms in total. The molecule has 3 aromatic carbocycles. The van der Waals surface area contributed by atoms with Crippen molar-refractivity contribution < 1.29 is 9.53 Å². The second-order valence-electron chi connectivity index (χ2n) is 11.0. The molecule has 0 radical (unpaired) electrons. The van der Waals surface area contributed by atoms with E-state index in [0.717, 1.165) is 36.1 Å². The highest BCUT2D eigenvalue weighted by Crippen LogP contribution is 2.44. The number of carbonyl (C=O) groups excluding carboxylic acids is 1. The maximum atomic E-state index is 12.3. The summed E-state index contributed by atoms with van der Waals surface area (Å²) in [6, 6.07) is 19.4. The van der Waals surface area contributed by atoms with Crippen molar-refractivity contribution in [2.75, 3.05) is 50.4 Å². The number of rotatable bonds is 5. The Labute approximate surface area is 260 Å². The third-order valence-corrected chi connectivity index (χ3v) is 8.62.